The van der Waals surface area contributed by atoms with Crippen LogP contribution < -0.4 is 10.6 Å². The van der Waals surface area contributed by atoms with E-state index in [1.807, 2.05) is 6.07 Å². The van der Waals surface area contributed by atoms with Crippen LogP contribution in [0.3, 0.4) is 0 Å². The van der Waals surface area contributed by atoms with Gasteiger partial charge in [-0.2, -0.15) is 0 Å². The van der Waals surface area contributed by atoms with E-state index >= 15 is 0 Å². The van der Waals surface area contributed by atoms with Crippen LogP contribution in [0, 0.1) is 0 Å². The van der Waals surface area contributed by atoms with Gasteiger partial charge in [0.1, 0.15) is 0 Å². The van der Waals surface area contributed by atoms with Crippen LogP contribution in [0.15, 0.2) is 35.3 Å². The highest BCUT2D eigenvalue weighted by molar-refractivity contribution is 5.79. The molecular formula is C16H28N4. The second-order valence-corrected chi connectivity index (χ2v) is 5.06. The molecule has 0 bridgehead atoms. The lowest BCUT2D eigenvalue weighted by atomic mass is 10.2. The molecule has 112 valence electrons. The molecule has 4 nitrogen and oxygen atoms in total. The Kier molecular flexibility index (Phi) is 7.73. The van der Waals surface area contributed by atoms with Crippen molar-refractivity contribution in [3.8, 4) is 0 Å². The fourth-order valence-corrected chi connectivity index (χ4v) is 2.10. The van der Waals surface area contributed by atoms with Crippen LogP contribution in [-0.2, 0) is 6.54 Å². The maximum absolute atomic E-state index is 4.25. The summed E-state index contributed by atoms with van der Waals surface area (Å²) in [5, 5.41) is 6.68. The van der Waals surface area contributed by atoms with Gasteiger partial charge in [-0.05, 0) is 26.0 Å². The molecule has 2 N–H and O–H groups in total. The minimum Gasteiger partial charge on any atom is -0.355 e. The predicted octanol–water partition coefficient (Wildman–Crippen LogP) is 2.08. The van der Waals surface area contributed by atoms with Gasteiger partial charge in [0.25, 0.3) is 0 Å². The first-order valence-corrected chi connectivity index (χ1v) is 7.39. The summed E-state index contributed by atoms with van der Waals surface area (Å²) >= 11 is 0. The SMILES string of the molecule is CCN(CCNC(=NC)NCc1ccccc1)C(C)C. The van der Waals surface area contributed by atoms with E-state index in [9.17, 15) is 0 Å². The first-order valence-electron chi connectivity index (χ1n) is 7.39. The van der Waals surface area contributed by atoms with Crippen molar-refractivity contribution in [2.75, 3.05) is 26.7 Å². The molecule has 0 saturated heterocycles. The molecule has 0 spiro atoms. The van der Waals surface area contributed by atoms with E-state index in [1.54, 1.807) is 7.05 Å². The number of rotatable bonds is 7. The summed E-state index contributed by atoms with van der Waals surface area (Å²) in [6, 6.07) is 10.9. The molecule has 0 fully saturated rings. The van der Waals surface area contributed by atoms with E-state index in [1.165, 1.54) is 5.56 Å². The normalized spacial score (nSPS) is 12.0. The fourth-order valence-electron chi connectivity index (χ4n) is 2.10. The molecule has 0 saturated carbocycles. The average molecular weight is 276 g/mol. The van der Waals surface area contributed by atoms with Crippen molar-refractivity contribution in [3.63, 3.8) is 0 Å². The minimum atomic E-state index is 0.584. The predicted molar refractivity (Wildman–Crippen MR) is 87.0 cm³/mol. The third-order valence-electron chi connectivity index (χ3n) is 3.35. The largest absolute Gasteiger partial charge is 0.355 e. The van der Waals surface area contributed by atoms with Crippen molar-refractivity contribution in [3.05, 3.63) is 35.9 Å². The number of nitrogens with zero attached hydrogens (tertiary/aromatic N) is 2. The molecule has 1 aromatic carbocycles. The molecule has 1 aromatic rings. The number of nitrogens with one attached hydrogen (secondary N) is 2. The molecule has 20 heavy (non-hydrogen) atoms. The van der Waals surface area contributed by atoms with E-state index in [0.717, 1.165) is 32.1 Å². The Morgan fingerprint density at radius 3 is 2.45 bits per heavy atom. The number of benzene rings is 1. The first-order chi connectivity index (χ1) is 9.67. The molecular weight excluding hydrogens is 248 g/mol. The Morgan fingerprint density at radius 2 is 1.90 bits per heavy atom. The zero-order chi connectivity index (χ0) is 14.8. The van der Waals surface area contributed by atoms with Crippen LogP contribution in [0.1, 0.15) is 26.3 Å². The number of guanidine groups is 1. The van der Waals surface area contributed by atoms with Gasteiger partial charge in [0.2, 0.25) is 0 Å². The second-order valence-electron chi connectivity index (χ2n) is 5.06. The highest BCUT2D eigenvalue weighted by Gasteiger charge is 2.06. The molecule has 0 aliphatic heterocycles. The lowest BCUT2D eigenvalue weighted by molar-refractivity contribution is 0.237. The smallest absolute Gasteiger partial charge is 0.191 e. The van der Waals surface area contributed by atoms with Crippen LogP contribution >= 0.6 is 0 Å². The molecule has 0 amide bonds. The summed E-state index contributed by atoms with van der Waals surface area (Å²) in [6.07, 6.45) is 0. The topological polar surface area (TPSA) is 39.7 Å². The van der Waals surface area contributed by atoms with Gasteiger partial charge in [-0.1, -0.05) is 37.3 Å². The monoisotopic (exact) mass is 276 g/mol. The summed E-state index contributed by atoms with van der Waals surface area (Å²) in [6.45, 7) is 10.5. The highest BCUT2D eigenvalue weighted by atomic mass is 15.2. The lowest BCUT2D eigenvalue weighted by Gasteiger charge is -2.25. The van der Waals surface area contributed by atoms with Crippen molar-refractivity contribution in [1.82, 2.24) is 15.5 Å². The molecule has 4 heteroatoms. The van der Waals surface area contributed by atoms with Gasteiger partial charge in [-0.3, -0.25) is 9.89 Å². The number of hydrogen-bond donors (Lipinski definition) is 2. The van der Waals surface area contributed by atoms with Crippen LogP contribution in [0.2, 0.25) is 0 Å². The molecule has 0 radical (unpaired) electrons. The third-order valence-corrected chi connectivity index (χ3v) is 3.35. The van der Waals surface area contributed by atoms with Gasteiger partial charge in [0.15, 0.2) is 5.96 Å². The third kappa shape index (κ3) is 6.06. The van der Waals surface area contributed by atoms with Crippen molar-refractivity contribution in [2.24, 2.45) is 4.99 Å². The maximum atomic E-state index is 4.25. The Labute approximate surface area is 123 Å². The van der Waals surface area contributed by atoms with Crippen LogP contribution in [0.25, 0.3) is 0 Å². The highest BCUT2D eigenvalue weighted by Crippen LogP contribution is 1.97. The van der Waals surface area contributed by atoms with E-state index < -0.39 is 0 Å². The van der Waals surface area contributed by atoms with E-state index in [4.69, 9.17) is 0 Å². The van der Waals surface area contributed by atoms with Crippen molar-refractivity contribution < 1.29 is 0 Å². The summed E-state index contributed by atoms with van der Waals surface area (Å²) in [4.78, 5) is 6.67. The summed E-state index contributed by atoms with van der Waals surface area (Å²) < 4.78 is 0. The molecule has 0 aliphatic rings. The minimum absolute atomic E-state index is 0.584. The van der Waals surface area contributed by atoms with Crippen molar-refractivity contribution in [2.45, 2.75) is 33.4 Å². The summed E-state index contributed by atoms with van der Waals surface area (Å²) in [7, 11) is 1.81. The zero-order valence-electron chi connectivity index (χ0n) is 13.2. The Bertz CT molecular complexity index is 387. The second kappa shape index (κ2) is 9.37. The van der Waals surface area contributed by atoms with Crippen LogP contribution in [0.4, 0.5) is 0 Å². The molecule has 0 atom stereocenters. The Morgan fingerprint density at radius 1 is 1.20 bits per heavy atom. The van der Waals surface area contributed by atoms with Gasteiger partial charge in [-0.25, -0.2) is 0 Å². The lowest BCUT2D eigenvalue weighted by Crippen LogP contribution is -2.42. The van der Waals surface area contributed by atoms with E-state index in [2.05, 4.69) is 65.6 Å². The van der Waals surface area contributed by atoms with Crippen molar-refractivity contribution in [1.29, 1.82) is 0 Å². The number of hydrogen-bond acceptors (Lipinski definition) is 2. The van der Waals surface area contributed by atoms with E-state index in [-0.39, 0.29) is 0 Å². The molecule has 0 heterocycles. The number of likely N-dealkylation sites (N-methyl/N-ethyl adjacent to an activating group) is 1. The Hall–Kier alpha value is -1.55. The molecule has 0 aromatic heterocycles. The standard InChI is InChI=1S/C16H28N4/c1-5-20(14(2)3)12-11-18-16(17-4)19-13-15-9-7-6-8-10-15/h6-10,14H,5,11-13H2,1-4H3,(H2,17,18,19). The van der Waals surface area contributed by atoms with E-state index in [0.29, 0.717) is 6.04 Å². The number of aliphatic imine (C=N–C) groups is 1. The Balaban J connectivity index is 2.30. The molecule has 0 aliphatic carbocycles. The van der Waals surface area contributed by atoms with Gasteiger partial charge in [-0.15, -0.1) is 0 Å². The fraction of sp³-hybridized carbons (Fsp3) is 0.562. The maximum Gasteiger partial charge on any atom is 0.191 e. The average Bonchev–Trinajstić information content (AvgIpc) is 2.47. The molecule has 1 rings (SSSR count). The van der Waals surface area contributed by atoms with Gasteiger partial charge in [0, 0.05) is 32.7 Å². The summed E-state index contributed by atoms with van der Waals surface area (Å²) in [5.74, 6) is 0.855. The van der Waals surface area contributed by atoms with Gasteiger partial charge < -0.3 is 10.6 Å². The quantitative estimate of drug-likeness (QED) is 0.592. The zero-order valence-corrected chi connectivity index (χ0v) is 13.2. The van der Waals surface area contributed by atoms with Crippen LogP contribution in [-0.4, -0.2) is 43.6 Å². The first kappa shape index (κ1) is 16.5. The van der Waals surface area contributed by atoms with Crippen molar-refractivity contribution >= 4 is 5.96 Å². The van der Waals surface area contributed by atoms with Gasteiger partial charge in [0.05, 0.1) is 0 Å². The summed E-state index contributed by atoms with van der Waals surface area (Å²) in [5.41, 5.74) is 1.26. The van der Waals surface area contributed by atoms with Gasteiger partial charge >= 0.3 is 0 Å². The van der Waals surface area contributed by atoms with Crippen LogP contribution in [0.5, 0.6) is 0 Å². The molecule has 0 unspecified atom stereocenters.